The van der Waals surface area contributed by atoms with Crippen LogP contribution in [0.25, 0.3) is 0 Å². The van der Waals surface area contributed by atoms with E-state index in [9.17, 15) is 9.59 Å². The molecule has 2 aromatic rings. The van der Waals surface area contributed by atoms with Crippen LogP contribution in [0.15, 0.2) is 42.5 Å². The number of carbonyl (C=O) groups excluding carboxylic acids is 2. The number of anilines is 2. The van der Waals surface area contributed by atoms with E-state index in [2.05, 4.69) is 5.32 Å². The molecular formula is C20H21ClN2O4. The van der Waals surface area contributed by atoms with Crippen molar-refractivity contribution in [1.29, 1.82) is 0 Å². The Morgan fingerprint density at radius 3 is 2.81 bits per heavy atom. The molecule has 0 saturated carbocycles. The first-order valence-corrected chi connectivity index (χ1v) is 9.06. The Hall–Kier alpha value is -2.73. The second-order valence-corrected chi connectivity index (χ2v) is 7.04. The van der Waals surface area contributed by atoms with E-state index < -0.39 is 0 Å². The molecule has 1 heterocycles. The molecule has 7 heteroatoms. The van der Waals surface area contributed by atoms with Crippen molar-refractivity contribution >= 4 is 34.8 Å². The molecule has 0 fully saturated rings. The molecule has 0 unspecified atom stereocenters. The van der Waals surface area contributed by atoms with Crippen molar-refractivity contribution in [3.63, 3.8) is 0 Å². The van der Waals surface area contributed by atoms with Crippen molar-refractivity contribution in [2.75, 3.05) is 30.0 Å². The number of rotatable bonds is 6. The van der Waals surface area contributed by atoms with Crippen LogP contribution >= 0.6 is 11.6 Å². The summed E-state index contributed by atoms with van der Waals surface area (Å²) >= 11 is 6.22. The second-order valence-electron chi connectivity index (χ2n) is 6.63. The number of fused-ring (bicyclic) bond motifs is 1. The summed E-state index contributed by atoms with van der Waals surface area (Å²) in [6.07, 6.45) is 0. The first-order valence-electron chi connectivity index (χ1n) is 8.68. The number of ether oxygens (including phenoxy) is 2. The SMILES string of the molecule is CC(C)COc1ccc(NC(=O)CN2C(=O)COc3ccccc32)cc1Cl. The molecule has 2 amide bonds. The van der Waals surface area contributed by atoms with Crippen molar-refractivity contribution in [2.45, 2.75) is 13.8 Å². The molecule has 1 aliphatic heterocycles. The average molecular weight is 389 g/mol. The molecule has 0 atom stereocenters. The van der Waals surface area contributed by atoms with Crippen LogP contribution in [0.1, 0.15) is 13.8 Å². The van der Waals surface area contributed by atoms with Crippen LogP contribution in [-0.2, 0) is 9.59 Å². The highest BCUT2D eigenvalue weighted by Gasteiger charge is 2.27. The lowest BCUT2D eigenvalue weighted by Crippen LogP contribution is -2.43. The smallest absolute Gasteiger partial charge is 0.265 e. The third kappa shape index (κ3) is 4.71. The number of nitrogens with one attached hydrogen (secondary N) is 1. The van der Waals surface area contributed by atoms with Crippen molar-refractivity contribution in [1.82, 2.24) is 0 Å². The molecule has 0 saturated heterocycles. The maximum absolute atomic E-state index is 12.4. The molecule has 6 nitrogen and oxygen atoms in total. The molecular weight excluding hydrogens is 368 g/mol. The van der Waals surface area contributed by atoms with Gasteiger partial charge in [-0.25, -0.2) is 0 Å². The zero-order valence-corrected chi connectivity index (χ0v) is 16.0. The lowest BCUT2D eigenvalue weighted by molar-refractivity contribution is -0.123. The van der Waals surface area contributed by atoms with Gasteiger partial charge in [0.1, 0.15) is 18.0 Å². The number of halogens is 1. The molecule has 0 aromatic heterocycles. The van der Waals surface area contributed by atoms with E-state index in [1.807, 2.05) is 19.9 Å². The van der Waals surface area contributed by atoms with Crippen molar-refractivity contribution in [2.24, 2.45) is 5.92 Å². The molecule has 0 bridgehead atoms. The summed E-state index contributed by atoms with van der Waals surface area (Å²) in [5.74, 6) is 0.945. The summed E-state index contributed by atoms with van der Waals surface area (Å²) in [6.45, 7) is 4.46. The van der Waals surface area contributed by atoms with Crippen LogP contribution < -0.4 is 19.7 Å². The number of carbonyl (C=O) groups is 2. The zero-order chi connectivity index (χ0) is 19.4. The van der Waals surface area contributed by atoms with Crippen molar-refractivity contribution in [3.8, 4) is 11.5 Å². The monoisotopic (exact) mass is 388 g/mol. The number of amides is 2. The summed E-state index contributed by atoms with van der Waals surface area (Å²) in [5.41, 5.74) is 1.12. The number of hydrogen-bond donors (Lipinski definition) is 1. The topological polar surface area (TPSA) is 67.9 Å². The minimum atomic E-state index is -0.327. The fourth-order valence-electron chi connectivity index (χ4n) is 2.62. The van der Waals surface area contributed by atoms with E-state index in [1.54, 1.807) is 36.4 Å². The van der Waals surface area contributed by atoms with Gasteiger partial charge in [-0.3, -0.25) is 14.5 Å². The van der Waals surface area contributed by atoms with E-state index in [1.165, 1.54) is 4.90 Å². The van der Waals surface area contributed by atoms with Crippen LogP contribution in [0, 0.1) is 5.92 Å². The van der Waals surface area contributed by atoms with Gasteiger partial charge in [0.25, 0.3) is 5.91 Å². The number of hydrogen-bond acceptors (Lipinski definition) is 4. The van der Waals surface area contributed by atoms with Gasteiger partial charge in [-0.15, -0.1) is 0 Å². The van der Waals surface area contributed by atoms with Crippen molar-refractivity contribution < 1.29 is 19.1 Å². The lowest BCUT2D eigenvalue weighted by atomic mass is 10.2. The van der Waals surface area contributed by atoms with Crippen LogP contribution in [0.4, 0.5) is 11.4 Å². The summed E-state index contributed by atoms with van der Waals surface area (Å²) in [4.78, 5) is 26.0. The largest absolute Gasteiger partial charge is 0.492 e. The molecule has 0 spiro atoms. The molecule has 0 aliphatic carbocycles. The number of nitrogens with zero attached hydrogens (tertiary/aromatic N) is 1. The van der Waals surface area contributed by atoms with E-state index >= 15 is 0 Å². The van der Waals surface area contributed by atoms with Gasteiger partial charge < -0.3 is 14.8 Å². The fraction of sp³-hybridized carbons (Fsp3) is 0.300. The van der Waals surface area contributed by atoms with E-state index in [4.69, 9.17) is 21.1 Å². The lowest BCUT2D eigenvalue weighted by Gasteiger charge is -2.28. The first kappa shape index (κ1) is 19.0. The summed E-state index contributed by atoms with van der Waals surface area (Å²) in [7, 11) is 0. The maximum Gasteiger partial charge on any atom is 0.265 e. The molecule has 0 radical (unpaired) electrons. The molecule has 142 valence electrons. The average Bonchev–Trinajstić information content (AvgIpc) is 2.63. The third-order valence-corrected chi connectivity index (χ3v) is 4.19. The van der Waals surface area contributed by atoms with Gasteiger partial charge in [-0.1, -0.05) is 37.6 Å². The molecule has 2 aromatic carbocycles. The van der Waals surface area contributed by atoms with Gasteiger partial charge in [0.2, 0.25) is 5.91 Å². The minimum absolute atomic E-state index is 0.0853. The normalized spacial score (nSPS) is 13.2. The molecule has 27 heavy (non-hydrogen) atoms. The Bertz CT molecular complexity index is 854. The van der Waals surface area contributed by atoms with Gasteiger partial charge in [0.05, 0.1) is 17.3 Å². The Balaban J connectivity index is 1.66. The summed E-state index contributed by atoms with van der Waals surface area (Å²) in [5, 5.41) is 3.18. The van der Waals surface area contributed by atoms with Gasteiger partial charge in [0, 0.05) is 5.69 Å². The predicted octanol–water partition coefficient (Wildman–Crippen LogP) is 3.74. The van der Waals surface area contributed by atoms with E-state index in [0.717, 1.165) is 0 Å². The summed E-state index contributed by atoms with van der Waals surface area (Å²) < 4.78 is 11.0. The van der Waals surface area contributed by atoms with Gasteiger partial charge in [-0.05, 0) is 36.2 Å². The Morgan fingerprint density at radius 2 is 2.07 bits per heavy atom. The highest BCUT2D eigenvalue weighted by Crippen LogP contribution is 2.31. The molecule has 1 N–H and O–H groups in total. The van der Waals surface area contributed by atoms with Crippen LogP contribution in [0.2, 0.25) is 5.02 Å². The van der Waals surface area contributed by atoms with Crippen LogP contribution in [0.3, 0.4) is 0 Å². The third-order valence-electron chi connectivity index (χ3n) is 3.90. The highest BCUT2D eigenvalue weighted by atomic mass is 35.5. The maximum atomic E-state index is 12.4. The molecule has 3 rings (SSSR count). The van der Waals surface area contributed by atoms with Gasteiger partial charge in [0.15, 0.2) is 6.61 Å². The van der Waals surface area contributed by atoms with E-state index in [0.29, 0.717) is 40.4 Å². The number of para-hydroxylation sites is 2. The van der Waals surface area contributed by atoms with Gasteiger partial charge >= 0.3 is 0 Å². The Morgan fingerprint density at radius 1 is 1.30 bits per heavy atom. The first-order chi connectivity index (χ1) is 12.9. The van der Waals surface area contributed by atoms with Crippen molar-refractivity contribution in [3.05, 3.63) is 47.5 Å². The fourth-order valence-corrected chi connectivity index (χ4v) is 2.86. The van der Waals surface area contributed by atoms with E-state index in [-0.39, 0.29) is 25.0 Å². The molecule has 1 aliphatic rings. The Labute approximate surface area is 163 Å². The van der Waals surface area contributed by atoms with Gasteiger partial charge in [-0.2, -0.15) is 0 Å². The minimum Gasteiger partial charge on any atom is -0.492 e. The number of benzene rings is 2. The van der Waals surface area contributed by atoms with Crippen LogP contribution in [0.5, 0.6) is 11.5 Å². The highest BCUT2D eigenvalue weighted by molar-refractivity contribution is 6.32. The van der Waals surface area contributed by atoms with Crippen LogP contribution in [-0.4, -0.2) is 31.6 Å². The second kappa shape index (κ2) is 8.31. The predicted molar refractivity (Wildman–Crippen MR) is 105 cm³/mol. The standard InChI is InChI=1S/C20H21ClN2O4/c1-13(2)11-26-17-8-7-14(9-15(17)21)22-19(24)10-23-16-5-3-4-6-18(16)27-12-20(23)25/h3-9,13H,10-12H2,1-2H3,(H,22,24). The quantitative estimate of drug-likeness (QED) is 0.818. The Kier molecular flexibility index (Phi) is 5.86. The zero-order valence-electron chi connectivity index (χ0n) is 15.2. The summed E-state index contributed by atoms with van der Waals surface area (Å²) in [6, 6.07) is 12.2.